The Hall–Kier alpha value is -1.07. The van der Waals surface area contributed by atoms with Gasteiger partial charge in [-0.25, -0.2) is 0 Å². The van der Waals surface area contributed by atoms with Gasteiger partial charge in [0.1, 0.15) is 0 Å². The van der Waals surface area contributed by atoms with Crippen molar-refractivity contribution in [1.29, 1.82) is 0 Å². The third-order valence-corrected chi connectivity index (χ3v) is 3.22. The SMILES string of the molecule is CC(NCC(O)CC(C)(C)C)c1cccc(C(F)(F)F)c1. The first kappa shape index (κ1) is 18.0. The van der Waals surface area contributed by atoms with Crippen LogP contribution in [0.25, 0.3) is 0 Å². The molecule has 2 atom stereocenters. The smallest absolute Gasteiger partial charge is 0.392 e. The first-order chi connectivity index (χ1) is 9.49. The van der Waals surface area contributed by atoms with Gasteiger partial charge < -0.3 is 10.4 Å². The molecule has 0 amide bonds. The lowest BCUT2D eigenvalue weighted by Gasteiger charge is -2.24. The summed E-state index contributed by atoms with van der Waals surface area (Å²) in [6, 6.07) is 5.02. The van der Waals surface area contributed by atoms with Gasteiger partial charge in [-0.2, -0.15) is 13.2 Å². The fourth-order valence-corrected chi connectivity index (χ4v) is 2.19. The second-order valence-corrected chi connectivity index (χ2v) is 6.67. The maximum atomic E-state index is 12.7. The van der Waals surface area contributed by atoms with Gasteiger partial charge in [-0.15, -0.1) is 0 Å². The van der Waals surface area contributed by atoms with Gasteiger partial charge in [0, 0.05) is 12.6 Å². The van der Waals surface area contributed by atoms with Crippen molar-refractivity contribution in [2.75, 3.05) is 6.54 Å². The lowest BCUT2D eigenvalue weighted by atomic mass is 9.89. The van der Waals surface area contributed by atoms with Gasteiger partial charge in [0.25, 0.3) is 0 Å². The Bertz CT molecular complexity index is 452. The van der Waals surface area contributed by atoms with E-state index < -0.39 is 17.8 Å². The fourth-order valence-electron chi connectivity index (χ4n) is 2.19. The fraction of sp³-hybridized carbons (Fsp3) is 0.625. The number of nitrogens with one attached hydrogen (secondary N) is 1. The first-order valence-corrected chi connectivity index (χ1v) is 7.07. The van der Waals surface area contributed by atoms with E-state index >= 15 is 0 Å². The van der Waals surface area contributed by atoms with E-state index in [1.807, 2.05) is 20.8 Å². The molecule has 0 bridgehead atoms. The van der Waals surface area contributed by atoms with Gasteiger partial charge in [0.15, 0.2) is 0 Å². The summed E-state index contributed by atoms with van der Waals surface area (Å²) in [6.45, 7) is 8.25. The van der Waals surface area contributed by atoms with Crippen LogP contribution in [0.3, 0.4) is 0 Å². The molecule has 0 fully saturated rings. The number of aliphatic hydroxyl groups is 1. The van der Waals surface area contributed by atoms with E-state index in [9.17, 15) is 18.3 Å². The normalized spacial score (nSPS) is 15.8. The predicted octanol–water partition coefficient (Wildman–Crippen LogP) is 4.15. The van der Waals surface area contributed by atoms with Crippen LogP contribution in [0.15, 0.2) is 24.3 Å². The van der Waals surface area contributed by atoms with E-state index in [1.165, 1.54) is 6.07 Å². The van der Waals surface area contributed by atoms with E-state index in [0.29, 0.717) is 18.5 Å². The molecule has 2 N–H and O–H groups in total. The molecule has 0 heterocycles. The Balaban J connectivity index is 2.62. The zero-order valence-electron chi connectivity index (χ0n) is 13.0. The molecule has 1 aromatic rings. The van der Waals surface area contributed by atoms with Crippen molar-refractivity contribution in [2.24, 2.45) is 5.41 Å². The average Bonchev–Trinajstić information content (AvgIpc) is 2.33. The van der Waals surface area contributed by atoms with Gasteiger partial charge in [-0.3, -0.25) is 0 Å². The summed E-state index contributed by atoms with van der Waals surface area (Å²) in [6.07, 6.45) is -4.21. The number of halogens is 3. The van der Waals surface area contributed by atoms with Crippen LogP contribution in [0.1, 0.15) is 51.3 Å². The lowest BCUT2D eigenvalue weighted by molar-refractivity contribution is -0.137. The first-order valence-electron chi connectivity index (χ1n) is 7.07. The number of rotatable bonds is 5. The van der Waals surface area contributed by atoms with E-state index in [2.05, 4.69) is 5.32 Å². The zero-order chi connectivity index (χ0) is 16.3. The third kappa shape index (κ3) is 6.48. The van der Waals surface area contributed by atoms with Crippen molar-refractivity contribution in [2.45, 2.75) is 52.4 Å². The molecular weight excluding hydrogens is 279 g/mol. The van der Waals surface area contributed by atoms with Crippen LogP contribution in [-0.4, -0.2) is 17.8 Å². The van der Waals surface area contributed by atoms with Gasteiger partial charge >= 0.3 is 6.18 Å². The van der Waals surface area contributed by atoms with Crippen LogP contribution in [0.4, 0.5) is 13.2 Å². The molecule has 1 rings (SSSR count). The summed E-state index contributed by atoms with van der Waals surface area (Å²) in [7, 11) is 0. The lowest BCUT2D eigenvalue weighted by Crippen LogP contribution is -2.31. The number of alkyl halides is 3. The minimum atomic E-state index is -4.33. The molecule has 2 unspecified atom stereocenters. The summed E-state index contributed by atoms with van der Waals surface area (Å²) in [5, 5.41) is 13.0. The van der Waals surface area contributed by atoms with Crippen LogP contribution in [0, 0.1) is 5.41 Å². The molecule has 2 nitrogen and oxygen atoms in total. The molecule has 0 aromatic heterocycles. The summed E-state index contributed by atoms with van der Waals surface area (Å²) in [5.41, 5.74) is -0.0720. The van der Waals surface area contributed by atoms with Crippen LogP contribution >= 0.6 is 0 Å². The Morgan fingerprint density at radius 3 is 2.33 bits per heavy atom. The van der Waals surface area contributed by atoms with Crippen molar-refractivity contribution in [3.8, 4) is 0 Å². The molecule has 0 radical (unpaired) electrons. The highest BCUT2D eigenvalue weighted by molar-refractivity contribution is 5.27. The molecule has 0 spiro atoms. The van der Waals surface area contributed by atoms with Gasteiger partial charge in [-0.1, -0.05) is 32.9 Å². The molecule has 0 aliphatic carbocycles. The summed E-state index contributed by atoms with van der Waals surface area (Å²) in [4.78, 5) is 0. The highest BCUT2D eigenvalue weighted by Crippen LogP contribution is 2.30. The van der Waals surface area contributed by atoms with Gasteiger partial charge in [0.05, 0.1) is 11.7 Å². The van der Waals surface area contributed by atoms with Crippen molar-refractivity contribution < 1.29 is 18.3 Å². The van der Waals surface area contributed by atoms with Crippen LogP contribution < -0.4 is 5.32 Å². The number of hydrogen-bond donors (Lipinski definition) is 2. The van der Waals surface area contributed by atoms with Crippen LogP contribution in [-0.2, 0) is 6.18 Å². The Labute approximate surface area is 124 Å². The van der Waals surface area contributed by atoms with Crippen LogP contribution in [0.2, 0.25) is 0 Å². The van der Waals surface area contributed by atoms with Crippen molar-refractivity contribution >= 4 is 0 Å². The molecule has 21 heavy (non-hydrogen) atoms. The van der Waals surface area contributed by atoms with Gasteiger partial charge in [-0.05, 0) is 36.5 Å². The predicted molar refractivity (Wildman–Crippen MR) is 77.9 cm³/mol. The van der Waals surface area contributed by atoms with Crippen molar-refractivity contribution in [1.82, 2.24) is 5.32 Å². The van der Waals surface area contributed by atoms with Gasteiger partial charge in [0.2, 0.25) is 0 Å². The van der Waals surface area contributed by atoms with Crippen LogP contribution in [0.5, 0.6) is 0 Å². The summed E-state index contributed by atoms with van der Waals surface area (Å²) < 4.78 is 38.0. The summed E-state index contributed by atoms with van der Waals surface area (Å²) >= 11 is 0. The largest absolute Gasteiger partial charge is 0.416 e. The Morgan fingerprint density at radius 1 is 1.19 bits per heavy atom. The summed E-state index contributed by atoms with van der Waals surface area (Å²) in [5.74, 6) is 0. The second-order valence-electron chi connectivity index (χ2n) is 6.67. The Kier molecular flexibility index (Phi) is 5.82. The molecule has 0 aliphatic heterocycles. The van der Waals surface area contributed by atoms with E-state index in [4.69, 9.17) is 0 Å². The molecule has 0 aliphatic rings. The molecule has 0 saturated heterocycles. The number of aliphatic hydroxyl groups excluding tert-OH is 1. The standard InChI is InChI=1S/C16H24F3NO/c1-11(20-10-14(21)9-15(2,3)4)12-6-5-7-13(8-12)16(17,18)19/h5-8,11,14,20-21H,9-10H2,1-4H3. The topological polar surface area (TPSA) is 32.3 Å². The molecule has 0 saturated carbocycles. The minimum Gasteiger partial charge on any atom is -0.392 e. The zero-order valence-corrected chi connectivity index (χ0v) is 13.0. The molecular formula is C16H24F3NO. The monoisotopic (exact) mass is 303 g/mol. The average molecular weight is 303 g/mol. The minimum absolute atomic E-state index is 0.0144. The molecule has 1 aromatic carbocycles. The highest BCUT2D eigenvalue weighted by atomic mass is 19.4. The Morgan fingerprint density at radius 2 is 1.81 bits per heavy atom. The van der Waals surface area contributed by atoms with E-state index in [1.54, 1.807) is 13.0 Å². The number of hydrogen-bond acceptors (Lipinski definition) is 2. The number of benzene rings is 1. The third-order valence-electron chi connectivity index (χ3n) is 3.22. The molecule has 120 valence electrons. The van der Waals surface area contributed by atoms with Crippen molar-refractivity contribution in [3.05, 3.63) is 35.4 Å². The maximum Gasteiger partial charge on any atom is 0.416 e. The quantitative estimate of drug-likeness (QED) is 0.856. The van der Waals surface area contributed by atoms with E-state index in [0.717, 1.165) is 12.1 Å². The molecule has 5 heteroatoms. The van der Waals surface area contributed by atoms with E-state index in [-0.39, 0.29) is 11.5 Å². The van der Waals surface area contributed by atoms with Crippen molar-refractivity contribution in [3.63, 3.8) is 0 Å². The maximum absolute atomic E-state index is 12.7. The second kappa shape index (κ2) is 6.79. The highest BCUT2D eigenvalue weighted by Gasteiger charge is 2.30.